The molecule has 2 bridgehead atoms. The number of amides is 2. The summed E-state index contributed by atoms with van der Waals surface area (Å²) in [5, 5.41) is 9.90. The van der Waals surface area contributed by atoms with Gasteiger partial charge < -0.3 is 14.7 Å². The molecule has 0 aromatic carbocycles. The number of fused-ring (bicyclic) bond motifs is 2. The molecule has 7 heteroatoms. The molecule has 3 atom stereocenters. The van der Waals surface area contributed by atoms with Crippen LogP contribution < -0.4 is 0 Å². The third-order valence-electron chi connectivity index (χ3n) is 4.76. The van der Waals surface area contributed by atoms with E-state index < -0.39 is 17.7 Å². The van der Waals surface area contributed by atoms with Crippen molar-refractivity contribution in [2.45, 2.75) is 76.3 Å². The molecule has 3 saturated heterocycles. The third kappa shape index (κ3) is 3.45. The molecule has 0 aromatic rings. The summed E-state index contributed by atoms with van der Waals surface area (Å²) in [4.78, 5) is 28.9. The number of piperidine rings is 1. The van der Waals surface area contributed by atoms with Crippen LogP contribution in [0, 0.1) is 0 Å². The van der Waals surface area contributed by atoms with Crippen molar-refractivity contribution < 1.29 is 19.4 Å². The lowest BCUT2D eigenvalue weighted by molar-refractivity contribution is -0.141. The van der Waals surface area contributed by atoms with Crippen LogP contribution in [0.4, 0.5) is 4.79 Å². The number of carbonyl (C=O) groups excluding carboxylic acids is 2. The van der Waals surface area contributed by atoms with Crippen molar-refractivity contribution in [3.8, 4) is 0 Å². The molecule has 3 rings (SSSR count). The molecule has 0 aromatic heterocycles. The number of aliphatic hydroxyl groups excluding tert-OH is 1. The summed E-state index contributed by atoms with van der Waals surface area (Å²) >= 11 is 1.59. The van der Waals surface area contributed by atoms with E-state index >= 15 is 0 Å². The van der Waals surface area contributed by atoms with E-state index in [9.17, 15) is 14.7 Å². The molecular weight excluding hydrogens is 316 g/mol. The van der Waals surface area contributed by atoms with Crippen LogP contribution in [0.15, 0.2) is 0 Å². The molecule has 0 aliphatic carbocycles. The van der Waals surface area contributed by atoms with Crippen molar-refractivity contribution in [2.75, 3.05) is 11.6 Å². The second kappa shape index (κ2) is 6.16. The van der Waals surface area contributed by atoms with E-state index in [0.29, 0.717) is 24.5 Å². The van der Waals surface area contributed by atoms with Crippen molar-refractivity contribution in [3.63, 3.8) is 0 Å². The number of nitrogens with zero attached hydrogens (tertiary/aromatic N) is 2. The number of aliphatic hydroxyl groups is 1. The highest BCUT2D eigenvalue weighted by Crippen LogP contribution is 2.37. The van der Waals surface area contributed by atoms with E-state index in [0.717, 1.165) is 12.8 Å². The highest BCUT2D eigenvalue weighted by molar-refractivity contribution is 7.99. The van der Waals surface area contributed by atoms with Gasteiger partial charge in [-0.3, -0.25) is 9.69 Å². The molecule has 3 heterocycles. The molecule has 0 radical (unpaired) electrons. The smallest absolute Gasteiger partial charge is 0.411 e. The summed E-state index contributed by atoms with van der Waals surface area (Å²) in [6.45, 7) is 5.49. The zero-order valence-electron chi connectivity index (χ0n) is 14.0. The van der Waals surface area contributed by atoms with Gasteiger partial charge in [0.2, 0.25) is 5.91 Å². The number of hydrogen-bond acceptors (Lipinski definition) is 5. The fraction of sp³-hybridized carbons (Fsp3) is 0.875. The molecule has 2 amide bonds. The van der Waals surface area contributed by atoms with Crippen LogP contribution in [0.3, 0.4) is 0 Å². The molecule has 0 spiro atoms. The van der Waals surface area contributed by atoms with Gasteiger partial charge in [0.15, 0.2) is 0 Å². The van der Waals surface area contributed by atoms with E-state index in [1.807, 2.05) is 25.7 Å². The lowest BCUT2D eigenvalue weighted by Crippen LogP contribution is -2.56. The van der Waals surface area contributed by atoms with Gasteiger partial charge in [-0.05, 0) is 46.5 Å². The molecule has 0 saturated carbocycles. The van der Waals surface area contributed by atoms with Crippen molar-refractivity contribution in [1.82, 2.24) is 9.80 Å². The zero-order valence-corrected chi connectivity index (χ0v) is 14.8. The van der Waals surface area contributed by atoms with Gasteiger partial charge in [0.25, 0.3) is 0 Å². The van der Waals surface area contributed by atoms with Gasteiger partial charge in [0.1, 0.15) is 11.6 Å². The SMILES string of the molecule is CC(C)(C)OC(=O)N1CSC[C@@H]1C(=O)N1C2CCC1CC(O)C2. The van der Waals surface area contributed by atoms with Crippen molar-refractivity contribution in [2.24, 2.45) is 0 Å². The van der Waals surface area contributed by atoms with E-state index in [1.54, 1.807) is 16.7 Å². The normalized spacial score (nSPS) is 33.9. The van der Waals surface area contributed by atoms with Crippen LogP contribution in [0.1, 0.15) is 46.5 Å². The van der Waals surface area contributed by atoms with Gasteiger partial charge in [-0.2, -0.15) is 0 Å². The summed E-state index contributed by atoms with van der Waals surface area (Å²) in [7, 11) is 0. The quantitative estimate of drug-likeness (QED) is 0.787. The first-order chi connectivity index (χ1) is 10.8. The summed E-state index contributed by atoms with van der Waals surface area (Å²) in [6, 6.07) is -0.183. The van der Waals surface area contributed by atoms with Gasteiger partial charge in [-0.15, -0.1) is 11.8 Å². The Balaban J connectivity index is 1.70. The van der Waals surface area contributed by atoms with Crippen LogP contribution in [-0.2, 0) is 9.53 Å². The summed E-state index contributed by atoms with van der Waals surface area (Å²) in [6.07, 6.45) is 2.53. The van der Waals surface area contributed by atoms with Crippen LogP contribution >= 0.6 is 11.8 Å². The standard InChI is InChI=1S/C16H26N2O4S/c1-16(2,3)22-15(21)17-9-23-8-13(17)14(20)18-10-4-5-11(18)7-12(19)6-10/h10-13,19H,4-9H2,1-3H3/t10?,11?,12?,13-/m1/s1. The second-order valence-electron chi connectivity index (χ2n) is 7.72. The zero-order chi connectivity index (χ0) is 16.8. The minimum Gasteiger partial charge on any atom is -0.444 e. The summed E-state index contributed by atoms with van der Waals surface area (Å²) in [5.74, 6) is 1.15. The number of hydrogen-bond donors (Lipinski definition) is 1. The lowest BCUT2D eigenvalue weighted by atomic mass is 9.99. The Kier molecular flexibility index (Phi) is 4.53. The van der Waals surface area contributed by atoms with Crippen molar-refractivity contribution >= 4 is 23.8 Å². The fourth-order valence-electron chi connectivity index (χ4n) is 3.83. The monoisotopic (exact) mass is 342 g/mol. The predicted octanol–water partition coefficient (Wildman–Crippen LogP) is 1.81. The summed E-state index contributed by atoms with van der Waals surface area (Å²) < 4.78 is 5.44. The van der Waals surface area contributed by atoms with E-state index in [2.05, 4.69) is 0 Å². The van der Waals surface area contributed by atoms with E-state index in [1.165, 1.54) is 0 Å². The maximum absolute atomic E-state index is 13.0. The Morgan fingerprint density at radius 1 is 1.17 bits per heavy atom. The third-order valence-corrected chi connectivity index (χ3v) is 5.77. The van der Waals surface area contributed by atoms with Gasteiger partial charge in [0, 0.05) is 17.8 Å². The first kappa shape index (κ1) is 16.9. The summed E-state index contributed by atoms with van der Waals surface area (Å²) in [5.41, 5.74) is -0.563. The minimum absolute atomic E-state index is 0.0280. The highest BCUT2D eigenvalue weighted by atomic mass is 32.2. The molecule has 1 N–H and O–H groups in total. The van der Waals surface area contributed by atoms with Crippen LogP contribution in [0.2, 0.25) is 0 Å². The van der Waals surface area contributed by atoms with Gasteiger partial charge in [0.05, 0.1) is 12.0 Å². The Labute approximate surface area is 141 Å². The highest BCUT2D eigenvalue weighted by Gasteiger charge is 2.47. The number of rotatable bonds is 1. The van der Waals surface area contributed by atoms with E-state index in [-0.39, 0.29) is 24.1 Å². The number of thioether (sulfide) groups is 1. The topological polar surface area (TPSA) is 70.1 Å². The first-order valence-corrected chi connectivity index (χ1v) is 9.49. The van der Waals surface area contributed by atoms with Gasteiger partial charge in [-0.1, -0.05) is 0 Å². The van der Waals surface area contributed by atoms with Crippen LogP contribution in [0.5, 0.6) is 0 Å². The first-order valence-electron chi connectivity index (χ1n) is 8.34. The largest absolute Gasteiger partial charge is 0.444 e. The maximum Gasteiger partial charge on any atom is 0.411 e. The molecule has 3 aliphatic heterocycles. The van der Waals surface area contributed by atoms with Gasteiger partial charge in [-0.25, -0.2) is 4.79 Å². The Morgan fingerprint density at radius 2 is 1.78 bits per heavy atom. The average Bonchev–Trinajstić information content (AvgIpc) is 3.00. The molecule has 130 valence electrons. The Morgan fingerprint density at radius 3 is 2.35 bits per heavy atom. The molecule has 2 unspecified atom stereocenters. The molecule has 3 aliphatic rings. The maximum atomic E-state index is 13.0. The number of carbonyl (C=O) groups is 2. The number of ether oxygens (including phenoxy) is 1. The van der Waals surface area contributed by atoms with Crippen LogP contribution in [-0.4, -0.2) is 68.4 Å². The molecule has 3 fully saturated rings. The lowest BCUT2D eigenvalue weighted by Gasteiger charge is -2.39. The van der Waals surface area contributed by atoms with E-state index in [4.69, 9.17) is 4.74 Å². The van der Waals surface area contributed by atoms with Crippen molar-refractivity contribution in [3.05, 3.63) is 0 Å². The second-order valence-corrected chi connectivity index (χ2v) is 8.72. The molecular formula is C16H26N2O4S. The average molecular weight is 342 g/mol. The minimum atomic E-state index is -0.563. The van der Waals surface area contributed by atoms with Crippen LogP contribution in [0.25, 0.3) is 0 Å². The Hall–Kier alpha value is -0.950. The predicted molar refractivity (Wildman–Crippen MR) is 88.1 cm³/mol. The molecule has 23 heavy (non-hydrogen) atoms. The molecule has 6 nitrogen and oxygen atoms in total. The fourth-order valence-corrected chi connectivity index (χ4v) is 4.96. The van der Waals surface area contributed by atoms with Gasteiger partial charge >= 0.3 is 6.09 Å². The Bertz CT molecular complexity index is 479. The van der Waals surface area contributed by atoms with Crippen molar-refractivity contribution in [1.29, 1.82) is 0 Å².